The van der Waals surface area contributed by atoms with E-state index >= 15 is 0 Å². The second-order valence-corrected chi connectivity index (χ2v) is 8.44. The number of sulfonamides is 1. The van der Waals surface area contributed by atoms with Crippen molar-refractivity contribution in [3.63, 3.8) is 0 Å². The average Bonchev–Trinajstić information content (AvgIpc) is 3.35. The van der Waals surface area contributed by atoms with Crippen LogP contribution in [0.25, 0.3) is 0 Å². The molecule has 0 atom stereocenters. The maximum absolute atomic E-state index is 12.7. The summed E-state index contributed by atoms with van der Waals surface area (Å²) >= 11 is 5.93. The van der Waals surface area contributed by atoms with Gasteiger partial charge in [0.25, 0.3) is 0 Å². The van der Waals surface area contributed by atoms with Crippen LogP contribution in [-0.2, 0) is 15.4 Å². The highest BCUT2D eigenvalue weighted by Gasteiger charge is 2.44. The van der Waals surface area contributed by atoms with Gasteiger partial charge in [-0.25, -0.2) is 13.1 Å². The van der Waals surface area contributed by atoms with E-state index in [0.29, 0.717) is 17.3 Å². The van der Waals surface area contributed by atoms with Crippen LogP contribution in [0, 0.1) is 6.92 Å². The van der Waals surface area contributed by atoms with Crippen LogP contribution < -0.4 is 9.46 Å². The minimum absolute atomic E-state index is 0.130. The highest BCUT2D eigenvalue weighted by Crippen LogP contribution is 2.48. The molecule has 0 aliphatic heterocycles. The molecule has 4 nitrogen and oxygen atoms in total. The minimum Gasteiger partial charge on any atom is -0.495 e. The molecule has 2 aromatic carbocycles. The van der Waals surface area contributed by atoms with E-state index in [1.807, 2.05) is 37.3 Å². The maximum atomic E-state index is 12.7. The molecule has 0 radical (unpaired) electrons. The minimum atomic E-state index is -3.64. The zero-order valence-electron chi connectivity index (χ0n) is 13.7. The Bertz CT molecular complexity index is 843. The third-order valence-electron chi connectivity index (χ3n) is 4.52. The van der Waals surface area contributed by atoms with Crippen molar-refractivity contribution in [1.29, 1.82) is 0 Å². The molecule has 1 N–H and O–H groups in total. The number of aryl methyl sites for hydroxylation is 1. The van der Waals surface area contributed by atoms with Crippen molar-refractivity contribution in [3.05, 3.63) is 58.6 Å². The first-order chi connectivity index (χ1) is 11.4. The van der Waals surface area contributed by atoms with E-state index in [9.17, 15) is 8.42 Å². The van der Waals surface area contributed by atoms with Crippen LogP contribution in [0.15, 0.2) is 47.4 Å². The molecule has 3 rings (SSSR count). The molecular formula is C18H20ClNO3S. The van der Waals surface area contributed by atoms with Gasteiger partial charge in [0.05, 0.1) is 7.11 Å². The SMILES string of the molecule is COc1ccc(C)cc1S(=O)(=O)NCC1(c2ccc(Cl)cc2)CC1. The van der Waals surface area contributed by atoms with Gasteiger partial charge in [-0.15, -0.1) is 0 Å². The second kappa shape index (κ2) is 6.39. The van der Waals surface area contributed by atoms with E-state index in [2.05, 4.69) is 4.72 Å². The third kappa shape index (κ3) is 3.43. The Morgan fingerprint density at radius 3 is 2.42 bits per heavy atom. The summed E-state index contributed by atoms with van der Waals surface area (Å²) in [5.41, 5.74) is 1.86. The second-order valence-electron chi connectivity index (χ2n) is 6.27. The van der Waals surface area contributed by atoms with Crippen molar-refractivity contribution in [1.82, 2.24) is 4.72 Å². The predicted octanol–water partition coefficient (Wildman–Crippen LogP) is 3.67. The monoisotopic (exact) mass is 365 g/mol. The molecule has 1 aliphatic carbocycles. The molecule has 0 bridgehead atoms. The Kier molecular flexibility index (Phi) is 4.60. The van der Waals surface area contributed by atoms with Gasteiger partial charge in [-0.2, -0.15) is 0 Å². The van der Waals surface area contributed by atoms with Crippen molar-refractivity contribution >= 4 is 21.6 Å². The number of methoxy groups -OCH3 is 1. The molecule has 0 spiro atoms. The molecule has 0 amide bonds. The predicted molar refractivity (Wildman–Crippen MR) is 95.3 cm³/mol. The topological polar surface area (TPSA) is 55.4 Å². The quantitative estimate of drug-likeness (QED) is 0.849. The third-order valence-corrected chi connectivity index (χ3v) is 6.19. The lowest BCUT2D eigenvalue weighted by Gasteiger charge is -2.18. The van der Waals surface area contributed by atoms with Gasteiger partial charge in [0.15, 0.2) is 0 Å². The number of rotatable bonds is 6. The van der Waals surface area contributed by atoms with Crippen LogP contribution >= 0.6 is 11.6 Å². The van der Waals surface area contributed by atoms with E-state index in [-0.39, 0.29) is 10.3 Å². The first-order valence-electron chi connectivity index (χ1n) is 7.77. The maximum Gasteiger partial charge on any atom is 0.244 e. The molecule has 2 aromatic rings. The van der Waals surface area contributed by atoms with E-state index in [4.69, 9.17) is 16.3 Å². The fraction of sp³-hybridized carbons (Fsp3) is 0.333. The summed E-state index contributed by atoms with van der Waals surface area (Å²) in [7, 11) is -2.16. The summed E-state index contributed by atoms with van der Waals surface area (Å²) < 4.78 is 33.4. The summed E-state index contributed by atoms with van der Waals surface area (Å²) in [5, 5.41) is 0.680. The zero-order valence-corrected chi connectivity index (χ0v) is 15.2. The van der Waals surface area contributed by atoms with Crippen LogP contribution in [0.2, 0.25) is 5.02 Å². The van der Waals surface area contributed by atoms with E-state index in [0.717, 1.165) is 24.0 Å². The Hall–Kier alpha value is -1.56. The molecule has 1 saturated carbocycles. The molecule has 0 heterocycles. The van der Waals surface area contributed by atoms with Gasteiger partial charge in [-0.05, 0) is 55.2 Å². The lowest BCUT2D eigenvalue weighted by Crippen LogP contribution is -2.32. The van der Waals surface area contributed by atoms with Crippen molar-refractivity contribution in [3.8, 4) is 5.75 Å². The Balaban J connectivity index is 1.81. The highest BCUT2D eigenvalue weighted by molar-refractivity contribution is 7.89. The number of nitrogens with one attached hydrogen (secondary N) is 1. The van der Waals surface area contributed by atoms with E-state index in [1.165, 1.54) is 7.11 Å². The Morgan fingerprint density at radius 2 is 1.83 bits per heavy atom. The summed E-state index contributed by atoms with van der Waals surface area (Å²) in [6.07, 6.45) is 1.92. The van der Waals surface area contributed by atoms with Gasteiger partial charge >= 0.3 is 0 Å². The Morgan fingerprint density at radius 1 is 1.17 bits per heavy atom. The van der Waals surface area contributed by atoms with Crippen LogP contribution in [-0.4, -0.2) is 22.1 Å². The van der Waals surface area contributed by atoms with Crippen LogP contribution in [0.4, 0.5) is 0 Å². The van der Waals surface area contributed by atoms with Crippen molar-refractivity contribution in [2.45, 2.75) is 30.1 Å². The van der Waals surface area contributed by atoms with Gasteiger partial charge in [-0.1, -0.05) is 29.8 Å². The van der Waals surface area contributed by atoms with Gasteiger partial charge in [0, 0.05) is 17.0 Å². The summed E-state index contributed by atoms with van der Waals surface area (Å²) in [4.78, 5) is 0.178. The summed E-state index contributed by atoms with van der Waals surface area (Å²) in [6, 6.07) is 12.8. The van der Waals surface area contributed by atoms with Gasteiger partial charge in [0.1, 0.15) is 10.6 Å². The Labute approximate surface area is 147 Å². The summed E-state index contributed by atoms with van der Waals surface area (Å²) in [6.45, 7) is 2.22. The fourth-order valence-corrected chi connectivity index (χ4v) is 4.33. The summed E-state index contributed by atoms with van der Waals surface area (Å²) in [5.74, 6) is 0.351. The lowest BCUT2D eigenvalue weighted by atomic mass is 9.96. The molecule has 1 aliphatic rings. The van der Waals surface area contributed by atoms with Crippen molar-refractivity contribution in [2.75, 3.05) is 13.7 Å². The fourth-order valence-electron chi connectivity index (χ4n) is 2.83. The molecule has 0 saturated heterocycles. The molecule has 1 fully saturated rings. The number of benzene rings is 2. The van der Waals surface area contributed by atoms with E-state index < -0.39 is 10.0 Å². The van der Waals surface area contributed by atoms with Crippen LogP contribution in [0.5, 0.6) is 5.75 Å². The molecule has 0 unspecified atom stereocenters. The van der Waals surface area contributed by atoms with E-state index in [1.54, 1.807) is 12.1 Å². The largest absolute Gasteiger partial charge is 0.495 e. The molecule has 0 aromatic heterocycles. The standard InChI is InChI=1S/C18H20ClNO3S/c1-13-3-8-16(23-2)17(11-13)24(21,22)20-12-18(9-10-18)14-4-6-15(19)7-5-14/h3-8,11,20H,9-10,12H2,1-2H3. The number of hydrogen-bond acceptors (Lipinski definition) is 3. The molecule has 6 heteroatoms. The average molecular weight is 366 g/mol. The van der Waals surface area contributed by atoms with Gasteiger partial charge in [-0.3, -0.25) is 0 Å². The highest BCUT2D eigenvalue weighted by atomic mass is 35.5. The smallest absolute Gasteiger partial charge is 0.244 e. The molecular weight excluding hydrogens is 346 g/mol. The molecule has 24 heavy (non-hydrogen) atoms. The molecule has 128 valence electrons. The normalized spacial score (nSPS) is 16.0. The van der Waals surface area contributed by atoms with Crippen molar-refractivity contribution < 1.29 is 13.2 Å². The first kappa shape index (κ1) is 17.3. The van der Waals surface area contributed by atoms with Crippen molar-refractivity contribution in [2.24, 2.45) is 0 Å². The van der Waals surface area contributed by atoms with Crippen LogP contribution in [0.1, 0.15) is 24.0 Å². The zero-order chi connectivity index (χ0) is 17.4. The first-order valence-corrected chi connectivity index (χ1v) is 9.63. The van der Waals surface area contributed by atoms with Gasteiger partial charge < -0.3 is 4.74 Å². The number of halogens is 1. The van der Waals surface area contributed by atoms with Gasteiger partial charge in [0.2, 0.25) is 10.0 Å². The number of ether oxygens (including phenoxy) is 1. The van der Waals surface area contributed by atoms with Crippen LogP contribution in [0.3, 0.4) is 0 Å². The lowest BCUT2D eigenvalue weighted by molar-refractivity contribution is 0.402. The number of hydrogen-bond donors (Lipinski definition) is 1.